The second-order valence-corrected chi connectivity index (χ2v) is 16.1. The molecule has 2 saturated heterocycles. The predicted molar refractivity (Wildman–Crippen MR) is 241 cm³/mol. The number of pyridine rings is 1. The highest BCUT2D eigenvalue weighted by atomic mass is 79.9. The van der Waals surface area contributed by atoms with Gasteiger partial charge in [-0.1, -0.05) is 46.3 Å². The number of aromatic nitrogens is 1. The van der Waals surface area contributed by atoms with Gasteiger partial charge in [0.1, 0.15) is 11.6 Å². The van der Waals surface area contributed by atoms with Crippen molar-refractivity contribution in [1.29, 1.82) is 0 Å². The average molecular weight is 927 g/mol. The Labute approximate surface area is 374 Å². The zero-order valence-corrected chi connectivity index (χ0v) is 37.3. The predicted octanol–water partition coefficient (Wildman–Crippen LogP) is 7.80. The molecule has 0 radical (unpaired) electrons. The number of ether oxygens (including phenoxy) is 2. The van der Waals surface area contributed by atoms with Crippen LogP contribution in [0.5, 0.6) is 0 Å². The van der Waals surface area contributed by atoms with Crippen molar-refractivity contribution >= 4 is 51.3 Å². The first-order chi connectivity index (χ1) is 30.3. The van der Waals surface area contributed by atoms with E-state index in [4.69, 9.17) is 0 Å². The molecule has 0 bridgehead atoms. The molecule has 5 aromatic rings. The van der Waals surface area contributed by atoms with Crippen LogP contribution in [0.1, 0.15) is 31.8 Å². The van der Waals surface area contributed by atoms with Crippen molar-refractivity contribution in [3.05, 3.63) is 148 Å². The lowest BCUT2D eigenvalue weighted by molar-refractivity contribution is 0.0591. The van der Waals surface area contributed by atoms with E-state index in [2.05, 4.69) is 40.2 Å². The van der Waals surface area contributed by atoms with Crippen molar-refractivity contribution in [2.24, 2.45) is 0 Å². The van der Waals surface area contributed by atoms with Crippen LogP contribution in [0.25, 0.3) is 11.1 Å². The Morgan fingerprint density at radius 3 is 1.46 bits per heavy atom. The van der Waals surface area contributed by atoms with Gasteiger partial charge in [0.15, 0.2) is 0 Å². The summed E-state index contributed by atoms with van der Waals surface area (Å²) in [5.74, 6) is -2.34. The molecule has 0 aliphatic carbocycles. The maximum atomic E-state index is 15.0. The van der Waals surface area contributed by atoms with Gasteiger partial charge in [0, 0.05) is 91.7 Å². The lowest BCUT2D eigenvalue weighted by Gasteiger charge is -2.36. The molecule has 3 heterocycles. The number of esters is 2. The summed E-state index contributed by atoms with van der Waals surface area (Å²) in [4.78, 5) is 65.4. The number of halogens is 3. The van der Waals surface area contributed by atoms with Crippen LogP contribution in [-0.4, -0.2) is 129 Å². The highest BCUT2D eigenvalue weighted by Gasteiger charge is 2.28. The Morgan fingerprint density at radius 2 is 1.03 bits per heavy atom. The van der Waals surface area contributed by atoms with Gasteiger partial charge in [-0.3, -0.25) is 14.8 Å². The van der Waals surface area contributed by atoms with E-state index in [9.17, 15) is 28.0 Å². The van der Waals surface area contributed by atoms with E-state index < -0.39 is 23.6 Å². The molecule has 0 saturated carbocycles. The Hall–Kier alpha value is -6.23. The third kappa shape index (κ3) is 12.0. The topological polar surface area (TPSA) is 119 Å². The van der Waals surface area contributed by atoms with Crippen LogP contribution in [0.4, 0.5) is 29.7 Å². The maximum Gasteiger partial charge on any atom is 0.337 e. The Bertz CT molecular complexity index is 2390. The molecular weight excluding hydrogens is 876 g/mol. The van der Waals surface area contributed by atoms with E-state index in [0.717, 1.165) is 53.9 Å². The number of rotatable bonds is 9. The monoisotopic (exact) mass is 925 g/mol. The van der Waals surface area contributed by atoms with E-state index in [1.165, 1.54) is 38.5 Å². The molecule has 16 heteroatoms. The molecule has 63 heavy (non-hydrogen) atoms. The lowest BCUT2D eigenvalue weighted by Crippen LogP contribution is -2.52. The van der Waals surface area contributed by atoms with E-state index in [-0.39, 0.29) is 36.3 Å². The summed E-state index contributed by atoms with van der Waals surface area (Å²) in [5.41, 5.74) is 4.11. The van der Waals surface area contributed by atoms with Gasteiger partial charge < -0.3 is 29.1 Å². The minimum atomic E-state index is -0.610. The maximum absolute atomic E-state index is 15.0. The molecule has 330 valence electrons. The smallest absolute Gasteiger partial charge is 0.337 e. The van der Waals surface area contributed by atoms with Gasteiger partial charge in [-0.05, 0) is 92.0 Å². The Morgan fingerprint density at radius 1 is 0.587 bits per heavy atom. The van der Waals surface area contributed by atoms with Gasteiger partial charge >= 0.3 is 24.0 Å². The average Bonchev–Trinajstić information content (AvgIpc) is 3.30. The van der Waals surface area contributed by atoms with Crippen molar-refractivity contribution < 1.29 is 37.4 Å². The van der Waals surface area contributed by atoms with E-state index in [1.807, 2.05) is 74.8 Å². The van der Waals surface area contributed by atoms with Gasteiger partial charge in [-0.25, -0.2) is 28.0 Å². The van der Waals surface area contributed by atoms with E-state index in [1.54, 1.807) is 32.0 Å². The lowest BCUT2D eigenvalue weighted by atomic mass is 10.1. The first-order valence-corrected chi connectivity index (χ1v) is 21.1. The Balaban J connectivity index is 0.000000213. The van der Waals surface area contributed by atoms with E-state index >= 15 is 0 Å². The van der Waals surface area contributed by atoms with E-state index in [0.29, 0.717) is 48.7 Å². The second kappa shape index (κ2) is 21.7. The normalized spacial score (nSPS) is 14.3. The summed E-state index contributed by atoms with van der Waals surface area (Å²) in [6.07, 6.45) is 3.43. The molecule has 0 spiro atoms. The molecule has 7 rings (SSSR count). The molecule has 2 aliphatic rings. The van der Waals surface area contributed by atoms with Crippen molar-refractivity contribution in [3.63, 3.8) is 0 Å². The van der Waals surface area contributed by atoms with Crippen molar-refractivity contribution in [2.75, 3.05) is 90.5 Å². The number of hydrogen-bond acceptors (Lipinski definition) is 9. The third-order valence-electron chi connectivity index (χ3n) is 10.9. The standard InChI is InChI=1S/C26H27FN4O3.C21H23BrFN3O3/c1-29-12-14-30(15-13-29)26(33)31(18-22-7-6-21(17-24(22)27)25(32)34-2)23-5-3-4-20(16-23)19-8-10-28-11-9-19;1-24-8-10-25(11-9-24)21(28)26(18-5-3-4-17(22)13-18)14-16-7-6-15(12-19(16)23)20(27)29-2/h3-11,16-17H,12-15,18H2,1-2H3;3-7,12-13H,8-11,14H2,1-2H3. The minimum absolute atomic E-state index is 0.0260. The summed E-state index contributed by atoms with van der Waals surface area (Å²) >= 11 is 3.43. The number of piperazine rings is 2. The number of hydrogen-bond donors (Lipinski definition) is 0. The molecule has 2 fully saturated rings. The molecule has 0 N–H and O–H groups in total. The molecule has 1 aromatic heterocycles. The molecule has 0 unspecified atom stereocenters. The number of amides is 4. The summed E-state index contributed by atoms with van der Waals surface area (Å²) in [6.45, 7) is 5.64. The largest absolute Gasteiger partial charge is 0.465 e. The molecular formula is C47H50BrF2N7O6. The van der Waals surface area contributed by atoms with Gasteiger partial charge in [-0.15, -0.1) is 0 Å². The number of likely N-dealkylation sites (N-methyl/N-ethyl adjacent to an activating group) is 2. The second-order valence-electron chi connectivity index (χ2n) is 15.2. The molecule has 4 amide bonds. The third-order valence-corrected chi connectivity index (χ3v) is 11.4. The van der Waals surface area contributed by atoms with Crippen molar-refractivity contribution in [3.8, 4) is 11.1 Å². The number of urea groups is 2. The van der Waals surface area contributed by atoms with Gasteiger partial charge in [0.25, 0.3) is 0 Å². The molecule has 2 aliphatic heterocycles. The fourth-order valence-electron chi connectivity index (χ4n) is 7.10. The first kappa shape index (κ1) is 46.3. The van der Waals surface area contributed by atoms with Gasteiger partial charge in [0.05, 0.1) is 38.4 Å². The number of benzene rings is 4. The van der Waals surface area contributed by atoms with Crippen LogP contribution in [0, 0.1) is 11.6 Å². The summed E-state index contributed by atoms with van der Waals surface area (Å²) in [5, 5.41) is 0. The van der Waals surface area contributed by atoms with Crippen LogP contribution < -0.4 is 9.80 Å². The van der Waals surface area contributed by atoms with Gasteiger partial charge in [0.2, 0.25) is 0 Å². The Kier molecular flexibility index (Phi) is 16.0. The zero-order valence-electron chi connectivity index (χ0n) is 35.7. The van der Waals surface area contributed by atoms with Crippen LogP contribution in [0.3, 0.4) is 0 Å². The fraction of sp³-hybridized carbons (Fsp3) is 0.298. The number of carbonyl (C=O) groups is 4. The summed E-state index contributed by atoms with van der Waals surface area (Å²) in [6, 6.07) is 26.7. The highest BCUT2D eigenvalue weighted by Crippen LogP contribution is 2.28. The number of nitrogens with zero attached hydrogens (tertiary/aromatic N) is 7. The quantitative estimate of drug-likeness (QED) is 0.137. The number of anilines is 2. The summed E-state index contributed by atoms with van der Waals surface area (Å²) in [7, 11) is 6.54. The number of methoxy groups -OCH3 is 2. The first-order valence-electron chi connectivity index (χ1n) is 20.3. The number of carbonyl (C=O) groups excluding carboxylic acids is 4. The van der Waals surface area contributed by atoms with Crippen LogP contribution >= 0.6 is 15.9 Å². The van der Waals surface area contributed by atoms with Crippen LogP contribution in [-0.2, 0) is 22.6 Å². The minimum Gasteiger partial charge on any atom is -0.465 e. The van der Waals surface area contributed by atoms with Crippen LogP contribution in [0.15, 0.2) is 114 Å². The molecule has 4 aromatic carbocycles. The van der Waals surface area contributed by atoms with Crippen molar-refractivity contribution in [1.82, 2.24) is 24.6 Å². The summed E-state index contributed by atoms with van der Waals surface area (Å²) < 4.78 is 39.8. The molecule has 0 atom stereocenters. The fourth-order valence-corrected chi connectivity index (χ4v) is 7.49. The van der Waals surface area contributed by atoms with Crippen LogP contribution in [0.2, 0.25) is 0 Å². The van der Waals surface area contributed by atoms with Crippen molar-refractivity contribution in [2.45, 2.75) is 13.1 Å². The van der Waals surface area contributed by atoms with Gasteiger partial charge in [-0.2, -0.15) is 0 Å². The SMILES string of the molecule is COC(=O)c1ccc(CN(C(=O)N2CCN(C)CC2)c2cccc(-c3ccncc3)c2)c(F)c1.COC(=O)c1ccc(CN(C(=O)N2CCN(C)CC2)c2cccc(Br)c2)c(F)c1. The zero-order chi connectivity index (χ0) is 45.0. The molecule has 13 nitrogen and oxygen atoms in total. The highest BCUT2D eigenvalue weighted by molar-refractivity contribution is 9.10.